The monoisotopic (exact) mass is 379 g/mol. The largest absolute Gasteiger partial charge is 0.497 e. The van der Waals surface area contributed by atoms with Gasteiger partial charge in [0.05, 0.1) is 17.4 Å². The fourth-order valence-corrected chi connectivity index (χ4v) is 4.21. The molecule has 0 saturated carbocycles. The first-order valence-corrected chi connectivity index (χ1v) is 9.16. The molecule has 0 bridgehead atoms. The van der Waals surface area contributed by atoms with Crippen LogP contribution in [0.25, 0.3) is 20.2 Å². The van der Waals surface area contributed by atoms with E-state index in [1.165, 1.54) is 0 Å². The average Bonchev–Trinajstić information content (AvgIpc) is 3.05. The summed E-state index contributed by atoms with van der Waals surface area (Å²) in [5.74, 6) is 1.58. The Balaban J connectivity index is 1.77. The second kappa shape index (κ2) is 6.83. The molecule has 2 heterocycles. The molecule has 0 aliphatic heterocycles. The van der Waals surface area contributed by atoms with E-state index < -0.39 is 0 Å². The lowest BCUT2D eigenvalue weighted by molar-refractivity contribution is 0.414. The summed E-state index contributed by atoms with van der Waals surface area (Å²) in [6.07, 6.45) is 1.62. The summed E-state index contributed by atoms with van der Waals surface area (Å²) >= 11 is 7.78. The second-order valence-electron chi connectivity index (χ2n) is 5.78. The summed E-state index contributed by atoms with van der Waals surface area (Å²) < 4.78 is 7.20. The number of nitriles is 1. The van der Waals surface area contributed by atoms with Gasteiger partial charge in [0.25, 0.3) is 0 Å². The van der Waals surface area contributed by atoms with Gasteiger partial charge in [-0.3, -0.25) is 0 Å². The van der Waals surface area contributed by atoms with Crippen molar-refractivity contribution in [2.24, 2.45) is 0 Å². The molecular formula is C20H14ClN3OS. The van der Waals surface area contributed by atoms with Crippen molar-refractivity contribution in [1.29, 1.82) is 5.26 Å². The SMILES string of the molecule is COc1ccc(CNc2ncc(C#N)c3sc4ccc(Cl)cc4c23)cc1. The first kappa shape index (κ1) is 16.6. The molecule has 0 radical (unpaired) electrons. The molecule has 0 spiro atoms. The Morgan fingerprint density at radius 1 is 1.23 bits per heavy atom. The lowest BCUT2D eigenvalue weighted by Gasteiger charge is -2.09. The van der Waals surface area contributed by atoms with Crippen molar-refractivity contribution in [3.8, 4) is 11.8 Å². The van der Waals surface area contributed by atoms with Crippen LogP contribution >= 0.6 is 22.9 Å². The fourth-order valence-electron chi connectivity index (χ4n) is 2.89. The van der Waals surface area contributed by atoms with Gasteiger partial charge in [-0.1, -0.05) is 23.7 Å². The van der Waals surface area contributed by atoms with Crippen LogP contribution in [0.1, 0.15) is 11.1 Å². The lowest BCUT2D eigenvalue weighted by atomic mass is 10.1. The highest BCUT2D eigenvalue weighted by Gasteiger charge is 2.14. The lowest BCUT2D eigenvalue weighted by Crippen LogP contribution is -2.02. The van der Waals surface area contributed by atoms with Gasteiger partial charge in [0.1, 0.15) is 17.6 Å². The molecule has 0 amide bonds. The second-order valence-corrected chi connectivity index (χ2v) is 7.27. The van der Waals surface area contributed by atoms with Gasteiger partial charge < -0.3 is 10.1 Å². The Hall–Kier alpha value is -2.81. The van der Waals surface area contributed by atoms with Gasteiger partial charge >= 0.3 is 0 Å². The number of halogens is 1. The van der Waals surface area contributed by atoms with Gasteiger partial charge in [-0.25, -0.2) is 4.98 Å². The Morgan fingerprint density at radius 3 is 2.77 bits per heavy atom. The smallest absolute Gasteiger partial charge is 0.135 e. The van der Waals surface area contributed by atoms with E-state index in [2.05, 4.69) is 16.4 Å². The highest BCUT2D eigenvalue weighted by atomic mass is 35.5. The molecule has 0 aliphatic rings. The van der Waals surface area contributed by atoms with E-state index in [1.54, 1.807) is 24.6 Å². The third-order valence-corrected chi connectivity index (χ3v) is 5.63. The molecule has 2 aromatic heterocycles. The molecular weight excluding hydrogens is 366 g/mol. The normalized spacial score (nSPS) is 10.8. The maximum absolute atomic E-state index is 9.42. The van der Waals surface area contributed by atoms with Gasteiger partial charge in [-0.05, 0) is 35.9 Å². The van der Waals surface area contributed by atoms with Gasteiger partial charge in [0.15, 0.2) is 0 Å². The number of hydrogen-bond acceptors (Lipinski definition) is 5. The molecule has 0 atom stereocenters. The van der Waals surface area contributed by atoms with Crippen molar-refractivity contribution in [3.05, 3.63) is 64.8 Å². The summed E-state index contributed by atoms with van der Waals surface area (Å²) in [6, 6.07) is 15.9. The zero-order chi connectivity index (χ0) is 18.1. The minimum atomic E-state index is 0.576. The number of rotatable bonds is 4. The Kier molecular flexibility index (Phi) is 4.37. The number of hydrogen-bond donors (Lipinski definition) is 1. The maximum Gasteiger partial charge on any atom is 0.135 e. The van der Waals surface area contributed by atoms with Gasteiger partial charge in [0.2, 0.25) is 0 Å². The standard InChI is InChI=1S/C20H14ClN3OS/c1-25-15-5-2-12(3-6-15)10-23-20-18-16-8-14(21)4-7-17(16)26-19(18)13(9-22)11-24-20/h2-8,11H,10H2,1H3,(H,23,24). The molecule has 26 heavy (non-hydrogen) atoms. The third-order valence-electron chi connectivity index (χ3n) is 4.19. The van der Waals surface area contributed by atoms with E-state index in [0.717, 1.165) is 37.3 Å². The van der Waals surface area contributed by atoms with E-state index in [-0.39, 0.29) is 0 Å². The van der Waals surface area contributed by atoms with Crippen molar-refractivity contribution < 1.29 is 4.74 Å². The van der Waals surface area contributed by atoms with E-state index >= 15 is 0 Å². The number of aromatic nitrogens is 1. The van der Waals surface area contributed by atoms with Crippen molar-refractivity contribution in [1.82, 2.24) is 4.98 Å². The highest BCUT2D eigenvalue weighted by Crippen LogP contribution is 2.40. The molecule has 0 fully saturated rings. The molecule has 128 valence electrons. The van der Waals surface area contributed by atoms with Crippen molar-refractivity contribution >= 4 is 48.9 Å². The summed E-state index contributed by atoms with van der Waals surface area (Å²) in [5.41, 5.74) is 1.69. The number of anilines is 1. The molecule has 4 nitrogen and oxygen atoms in total. The van der Waals surface area contributed by atoms with Crippen molar-refractivity contribution in [2.75, 3.05) is 12.4 Å². The van der Waals surface area contributed by atoms with Gasteiger partial charge in [0, 0.05) is 33.2 Å². The van der Waals surface area contributed by atoms with Crippen LogP contribution in [0.5, 0.6) is 5.75 Å². The summed E-state index contributed by atoms with van der Waals surface area (Å²) in [6.45, 7) is 0.621. The Morgan fingerprint density at radius 2 is 2.04 bits per heavy atom. The van der Waals surface area contributed by atoms with Crippen LogP contribution in [0.3, 0.4) is 0 Å². The number of methoxy groups -OCH3 is 1. The van der Waals surface area contributed by atoms with Crippen LogP contribution in [-0.4, -0.2) is 12.1 Å². The molecule has 4 aromatic rings. The zero-order valence-electron chi connectivity index (χ0n) is 13.9. The molecule has 0 unspecified atom stereocenters. The molecule has 1 N–H and O–H groups in total. The van der Waals surface area contributed by atoms with E-state index in [4.69, 9.17) is 16.3 Å². The number of ether oxygens (including phenoxy) is 1. The maximum atomic E-state index is 9.42. The van der Waals surface area contributed by atoms with Crippen molar-refractivity contribution in [3.63, 3.8) is 0 Å². The van der Waals surface area contributed by atoms with Crippen LogP contribution in [0.2, 0.25) is 5.02 Å². The minimum Gasteiger partial charge on any atom is -0.497 e. The molecule has 4 rings (SSSR count). The van der Waals surface area contributed by atoms with Crippen LogP contribution in [0.4, 0.5) is 5.82 Å². The third kappa shape index (κ3) is 2.94. The fraction of sp³-hybridized carbons (Fsp3) is 0.100. The van der Waals surface area contributed by atoms with Gasteiger partial charge in [-0.2, -0.15) is 5.26 Å². The number of benzene rings is 2. The Labute approximate surface area is 159 Å². The molecule has 6 heteroatoms. The van der Waals surface area contributed by atoms with E-state index in [9.17, 15) is 5.26 Å². The summed E-state index contributed by atoms with van der Waals surface area (Å²) in [5, 5.41) is 15.4. The van der Waals surface area contributed by atoms with Crippen molar-refractivity contribution in [2.45, 2.75) is 6.54 Å². The predicted octanol–water partition coefficient (Wildman–Crippen LogP) is 5.60. The highest BCUT2D eigenvalue weighted by molar-refractivity contribution is 7.26. The topological polar surface area (TPSA) is 57.9 Å². The minimum absolute atomic E-state index is 0.576. The molecule has 2 aromatic carbocycles. The Bertz CT molecular complexity index is 1150. The molecule has 0 saturated heterocycles. The quantitative estimate of drug-likeness (QED) is 0.501. The summed E-state index contributed by atoms with van der Waals surface area (Å²) in [7, 11) is 1.65. The predicted molar refractivity (Wildman–Crippen MR) is 107 cm³/mol. The van der Waals surface area contributed by atoms with E-state index in [0.29, 0.717) is 17.1 Å². The number of thiophene rings is 1. The first-order valence-electron chi connectivity index (χ1n) is 7.97. The number of nitrogens with zero attached hydrogens (tertiary/aromatic N) is 2. The zero-order valence-corrected chi connectivity index (χ0v) is 15.5. The van der Waals surface area contributed by atoms with E-state index in [1.807, 2.05) is 42.5 Å². The molecule has 0 aliphatic carbocycles. The average molecular weight is 380 g/mol. The number of pyridine rings is 1. The first-order chi connectivity index (χ1) is 12.7. The summed E-state index contributed by atoms with van der Waals surface area (Å²) in [4.78, 5) is 4.48. The van der Waals surface area contributed by atoms with Crippen LogP contribution < -0.4 is 10.1 Å². The number of fused-ring (bicyclic) bond motifs is 3. The van der Waals surface area contributed by atoms with Gasteiger partial charge in [-0.15, -0.1) is 11.3 Å². The van der Waals surface area contributed by atoms with Crippen LogP contribution in [-0.2, 0) is 6.54 Å². The number of nitrogens with one attached hydrogen (secondary N) is 1. The van der Waals surface area contributed by atoms with Crippen LogP contribution in [0, 0.1) is 11.3 Å². The van der Waals surface area contributed by atoms with Crippen LogP contribution in [0.15, 0.2) is 48.7 Å².